The van der Waals surface area contributed by atoms with E-state index >= 15 is 0 Å². The van der Waals surface area contributed by atoms with Gasteiger partial charge in [0, 0.05) is 27.3 Å². The summed E-state index contributed by atoms with van der Waals surface area (Å²) in [6, 6.07) is 0. The average Bonchev–Trinajstić information content (AvgIpc) is 2.78. The van der Waals surface area contributed by atoms with Crippen molar-refractivity contribution in [1.29, 1.82) is 0 Å². The lowest BCUT2D eigenvalue weighted by atomic mass is 9.90. The fourth-order valence-electron chi connectivity index (χ4n) is 2.65. The minimum atomic E-state index is -0.281. The van der Waals surface area contributed by atoms with E-state index in [0.717, 1.165) is 45.2 Å². The van der Waals surface area contributed by atoms with E-state index in [4.69, 9.17) is 4.74 Å². The van der Waals surface area contributed by atoms with Gasteiger partial charge in [0.05, 0.1) is 5.54 Å². The number of ether oxygens (including phenoxy) is 1. The van der Waals surface area contributed by atoms with Crippen LogP contribution in [0.1, 0.15) is 39.0 Å². The molecule has 0 aromatic carbocycles. The molecule has 4 heteroatoms. The van der Waals surface area contributed by atoms with Crippen LogP contribution in [0.2, 0.25) is 0 Å². The first-order valence-corrected chi connectivity index (χ1v) is 6.66. The number of nitrogens with one attached hydrogen (secondary N) is 1. The number of rotatable bonds is 7. The Labute approximate surface area is 105 Å². The molecule has 1 aliphatic rings. The number of hydrogen-bond acceptors (Lipinski definition) is 3. The van der Waals surface area contributed by atoms with Gasteiger partial charge in [0.15, 0.2) is 0 Å². The molecule has 0 aromatic heterocycles. The minimum Gasteiger partial charge on any atom is -0.385 e. The van der Waals surface area contributed by atoms with Gasteiger partial charge >= 0.3 is 0 Å². The SMILES string of the molecule is CCCC1(C(=O)N(C)CCCOC)CCCN1. The molecular weight excluding hydrogens is 216 g/mol. The van der Waals surface area contributed by atoms with Crippen LogP contribution in [0.15, 0.2) is 0 Å². The molecule has 1 fully saturated rings. The maximum Gasteiger partial charge on any atom is 0.242 e. The number of likely N-dealkylation sites (N-methyl/N-ethyl adjacent to an activating group) is 1. The van der Waals surface area contributed by atoms with Gasteiger partial charge in [-0.3, -0.25) is 4.79 Å². The average molecular weight is 242 g/mol. The largest absolute Gasteiger partial charge is 0.385 e. The van der Waals surface area contributed by atoms with Crippen LogP contribution in [-0.2, 0) is 9.53 Å². The van der Waals surface area contributed by atoms with Crippen LogP contribution in [0.4, 0.5) is 0 Å². The van der Waals surface area contributed by atoms with Gasteiger partial charge in [0.1, 0.15) is 0 Å². The van der Waals surface area contributed by atoms with Crippen LogP contribution in [0, 0.1) is 0 Å². The smallest absolute Gasteiger partial charge is 0.242 e. The summed E-state index contributed by atoms with van der Waals surface area (Å²) >= 11 is 0. The summed E-state index contributed by atoms with van der Waals surface area (Å²) in [5.41, 5.74) is -0.281. The van der Waals surface area contributed by atoms with Crippen molar-refractivity contribution >= 4 is 5.91 Å². The zero-order chi connectivity index (χ0) is 12.7. The van der Waals surface area contributed by atoms with Crippen molar-refractivity contribution in [1.82, 2.24) is 10.2 Å². The Hall–Kier alpha value is -0.610. The van der Waals surface area contributed by atoms with Gasteiger partial charge in [0.25, 0.3) is 0 Å². The molecule has 1 unspecified atom stereocenters. The second-order valence-electron chi connectivity index (χ2n) is 4.94. The highest BCUT2D eigenvalue weighted by atomic mass is 16.5. The lowest BCUT2D eigenvalue weighted by Gasteiger charge is -2.32. The number of amides is 1. The van der Waals surface area contributed by atoms with Gasteiger partial charge in [-0.05, 0) is 32.2 Å². The molecule has 0 spiro atoms. The second kappa shape index (κ2) is 6.97. The molecule has 0 bridgehead atoms. The summed E-state index contributed by atoms with van der Waals surface area (Å²) in [5, 5.41) is 3.42. The quantitative estimate of drug-likeness (QED) is 0.686. The molecule has 1 N–H and O–H groups in total. The van der Waals surface area contributed by atoms with Crippen molar-refractivity contribution in [2.24, 2.45) is 0 Å². The van der Waals surface area contributed by atoms with E-state index in [-0.39, 0.29) is 11.4 Å². The molecule has 4 nitrogen and oxygen atoms in total. The summed E-state index contributed by atoms with van der Waals surface area (Å²) in [6.45, 7) is 4.60. The highest BCUT2D eigenvalue weighted by Gasteiger charge is 2.41. The van der Waals surface area contributed by atoms with Crippen LogP contribution in [0.25, 0.3) is 0 Å². The standard InChI is InChI=1S/C13H26N2O2/c1-4-7-13(8-5-9-14-13)12(16)15(2)10-6-11-17-3/h14H,4-11H2,1-3H3. The van der Waals surface area contributed by atoms with E-state index in [1.165, 1.54) is 0 Å². The van der Waals surface area contributed by atoms with Crippen LogP contribution in [-0.4, -0.2) is 50.2 Å². The van der Waals surface area contributed by atoms with E-state index in [0.29, 0.717) is 6.61 Å². The highest BCUT2D eigenvalue weighted by Crippen LogP contribution is 2.26. The number of methoxy groups -OCH3 is 1. The monoisotopic (exact) mass is 242 g/mol. The Morgan fingerprint density at radius 2 is 2.29 bits per heavy atom. The van der Waals surface area contributed by atoms with Gasteiger partial charge < -0.3 is 15.0 Å². The van der Waals surface area contributed by atoms with Crippen LogP contribution in [0.5, 0.6) is 0 Å². The topological polar surface area (TPSA) is 41.6 Å². The third-order valence-corrected chi connectivity index (χ3v) is 3.52. The first-order valence-electron chi connectivity index (χ1n) is 6.66. The van der Waals surface area contributed by atoms with Crippen molar-refractivity contribution in [2.45, 2.75) is 44.6 Å². The van der Waals surface area contributed by atoms with Crippen molar-refractivity contribution in [3.8, 4) is 0 Å². The first kappa shape index (κ1) is 14.5. The normalized spacial score (nSPS) is 23.9. The van der Waals surface area contributed by atoms with Crippen molar-refractivity contribution in [2.75, 3.05) is 33.9 Å². The Morgan fingerprint density at radius 3 is 2.82 bits per heavy atom. The first-order chi connectivity index (χ1) is 8.16. The molecule has 0 aliphatic carbocycles. The fourth-order valence-corrected chi connectivity index (χ4v) is 2.65. The molecule has 1 aliphatic heterocycles. The molecule has 1 rings (SSSR count). The van der Waals surface area contributed by atoms with Crippen molar-refractivity contribution in [3.05, 3.63) is 0 Å². The number of hydrogen-bond donors (Lipinski definition) is 1. The Bertz CT molecular complexity index is 238. The molecule has 1 saturated heterocycles. The predicted molar refractivity (Wildman–Crippen MR) is 69.0 cm³/mol. The Kier molecular flexibility index (Phi) is 5.92. The molecule has 0 saturated carbocycles. The molecule has 100 valence electrons. The number of nitrogens with zero attached hydrogens (tertiary/aromatic N) is 1. The fraction of sp³-hybridized carbons (Fsp3) is 0.923. The van der Waals surface area contributed by atoms with E-state index < -0.39 is 0 Å². The Balaban J connectivity index is 2.52. The maximum atomic E-state index is 12.5. The summed E-state index contributed by atoms with van der Waals surface area (Å²) in [7, 11) is 3.59. The van der Waals surface area contributed by atoms with E-state index in [9.17, 15) is 4.79 Å². The molecule has 17 heavy (non-hydrogen) atoms. The zero-order valence-electron chi connectivity index (χ0n) is 11.4. The lowest BCUT2D eigenvalue weighted by molar-refractivity contribution is -0.137. The summed E-state index contributed by atoms with van der Waals surface area (Å²) in [6.07, 6.45) is 4.98. The van der Waals surface area contributed by atoms with Crippen LogP contribution >= 0.6 is 0 Å². The summed E-state index contributed by atoms with van der Waals surface area (Å²) in [4.78, 5) is 14.3. The number of carbonyl (C=O) groups excluding carboxylic acids is 1. The maximum absolute atomic E-state index is 12.5. The minimum absolute atomic E-state index is 0.257. The summed E-state index contributed by atoms with van der Waals surface area (Å²) < 4.78 is 5.02. The van der Waals surface area contributed by atoms with E-state index in [1.807, 2.05) is 11.9 Å². The molecule has 1 atom stereocenters. The Morgan fingerprint density at radius 1 is 1.53 bits per heavy atom. The molecule has 0 aromatic rings. The second-order valence-corrected chi connectivity index (χ2v) is 4.94. The van der Waals surface area contributed by atoms with E-state index in [2.05, 4.69) is 12.2 Å². The van der Waals surface area contributed by atoms with Crippen molar-refractivity contribution < 1.29 is 9.53 Å². The summed E-state index contributed by atoms with van der Waals surface area (Å²) in [5.74, 6) is 0.257. The predicted octanol–water partition coefficient (Wildman–Crippen LogP) is 1.40. The van der Waals surface area contributed by atoms with Crippen molar-refractivity contribution in [3.63, 3.8) is 0 Å². The lowest BCUT2D eigenvalue weighted by Crippen LogP contribution is -2.54. The van der Waals surface area contributed by atoms with Gasteiger partial charge in [-0.2, -0.15) is 0 Å². The van der Waals surface area contributed by atoms with E-state index in [1.54, 1.807) is 7.11 Å². The van der Waals surface area contributed by atoms with Crippen LogP contribution < -0.4 is 5.32 Å². The zero-order valence-corrected chi connectivity index (χ0v) is 11.4. The third-order valence-electron chi connectivity index (χ3n) is 3.52. The highest BCUT2D eigenvalue weighted by molar-refractivity contribution is 5.86. The van der Waals surface area contributed by atoms with Gasteiger partial charge in [-0.25, -0.2) is 0 Å². The van der Waals surface area contributed by atoms with Gasteiger partial charge in [-0.15, -0.1) is 0 Å². The third kappa shape index (κ3) is 3.68. The molecule has 0 radical (unpaired) electrons. The molecular formula is C13H26N2O2. The molecule has 1 heterocycles. The van der Waals surface area contributed by atoms with Gasteiger partial charge in [0.2, 0.25) is 5.91 Å². The number of carbonyl (C=O) groups is 1. The molecule has 1 amide bonds. The van der Waals surface area contributed by atoms with Gasteiger partial charge in [-0.1, -0.05) is 13.3 Å². The van der Waals surface area contributed by atoms with Crippen LogP contribution in [0.3, 0.4) is 0 Å².